The highest BCUT2D eigenvalue weighted by Crippen LogP contribution is 2.17. The maximum absolute atomic E-state index is 11.4. The first kappa shape index (κ1) is 48.4. The summed E-state index contributed by atoms with van der Waals surface area (Å²) in [7, 11) is 0. The molecule has 294 valence electrons. The maximum atomic E-state index is 11.4. The summed E-state index contributed by atoms with van der Waals surface area (Å²) in [4.78, 5) is 13.6. The molecule has 0 aromatic heterocycles. The van der Waals surface area contributed by atoms with Crippen molar-refractivity contribution in [1.82, 2.24) is 4.90 Å². The van der Waals surface area contributed by atoms with Gasteiger partial charge in [0.25, 0.3) is 0 Å². The number of nitrogens with zero attached hydrogens (tertiary/aromatic N) is 1. The summed E-state index contributed by atoms with van der Waals surface area (Å²) in [5.41, 5.74) is 0. The lowest BCUT2D eigenvalue weighted by Gasteiger charge is -2.20. The molecule has 3 nitrogen and oxygen atoms in total. The number of hydrogen-bond donors (Lipinski definition) is 1. The van der Waals surface area contributed by atoms with Crippen LogP contribution >= 0.6 is 0 Å². The molecule has 0 radical (unpaired) electrons. The normalized spacial score (nSPS) is 11.7. The largest absolute Gasteiger partial charge is 0.480 e. The molecule has 3 heteroatoms. The first-order valence-corrected chi connectivity index (χ1v) is 23.1. The van der Waals surface area contributed by atoms with E-state index in [1.165, 1.54) is 244 Å². The minimum absolute atomic E-state index is 0.220. The van der Waals surface area contributed by atoms with Crippen LogP contribution in [0.25, 0.3) is 0 Å². The van der Waals surface area contributed by atoms with Crippen LogP contribution < -0.4 is 0 Å². The molecule has 0 fully saturated rings. The van der Waals surface area contributed by atoms with Gasteiger partial charge in [-0.25, -0.2) is 0 Å². The fourth-order valence-electron chi connectivity index (χ4n) is 7.64. The summed E-state index contributed by atoms with van der Waals surface area (Å²) in [5.74, 6) is -0.665. The van der Waals surface area contributed by atoms with E-state index in [2.05, 4.69) is 18.7 Å². The van der Waals surface area contributed by atoms with E-state index in [1.54, 1.807) is 0 Å². The van der Waals surface area contributed by atoms with Crippen molar-refractivity contribution < 1.29 is 9.90 Å². The molecule has 0 bridgehead atoms. The van der Waals surface area contributed by atoms with E-state index >= 15 is 0 Å². The lowest BCUT2D eigenvalue weighted by molar-refractivity contribution is -0.138. The summed E-state index contributed by atoms with van der Waals surface area (Å²) >= 11 is 0. The second-order valence-electron chi connectivity index (χ2n) is 16.1. The topological polar surface area (TPSA) is 40.5 Å². The van der Waals surface area contributed by atoms with Gasteiger partial charge >= 0.3 is 5.97 Å². The number of carboxylic acids is 1. The summed E-state index contributed by atoms with van der Waals surface area (Å²) in [5, 5.41) is 9.37. The molecule has 0 heterocycles. The van der Waals surface area contributed by atoms with Crippen molar-refractivity contribution in [2.45, 2.75) is 271 Å². The zero-order valence-electron chi connectivity index (χ0n) is 34.2. The quantitative estimate of drug-likeness (QED) is 0.0647. The van der Waals surface area contributed by atoms with Crippen LogP contribution in [0, 0.1) is 0 Å². The van der Waals surface area contributed by atoms with Crippen molar-refractivity contribution in [2.24, 2.45) is 0 Å². The number of carbonyl (C=O) groups is 1. The molecule has 0 amide bonds. The summed E-state index contributed by atoms with van der Waals surface area (Å²) in [6.07, 6.45) is 56.1. The predicted molar refractivity (Wildman–Crippen MR) is 220 cm³/mol. The lowest BCUT2D eigenvalue weighted by atomic mass is 10.0. The molecule has 49 heavy (non-hydrogen) atoms. The molecule has 0 aliphatic rings. The molecule has 0 aromatic carbocycles. The Hall–Kier alpha value is -0.570. The summed E-state index contributed by atoms with van der Waals surface area (Å²) in [6.45, 7) is 6.74. The Balaban J connectivity index is 3.42. The van der Waals surface area contributed by atoms with Gasteiger partial charge in [-0.15, -0.1) is 0 Å². The van der Waals surface area contributed by atoms with Crippen molar-refractivity contribution in [3.8, 4) is 0 Å². The number of carboxylic acid groups (broad SMARTS) is 1. The number of rotatable bonds is 44. The third-order valence-corrected chi connectivity index (χ3v) is 11.0. The third kappa shape index (κ3) is 43.5. The SMILES string of the molecule is CCCCCCCCCCCCCCCCCCCCCCN(CCCCCCCCCCCCCCCCCCCCCC)CC(=O)O. The molecule has 0 unspecified atom stereocenters. The Bertz CT molecular complexity index is 564. The molecular formula is C46H93NO2. The van der Waals surface area contributed by atoms with E-state index in [9.17, 15) is 9.90 Å². The Morgan fingerprint density at radius 2 is 0.469 bits per heavy atom. The Morgan fingerprint density at radius 1 is 0.306 bits per heavy atom. The lowest BCUT2D eigenvalue weighted by Crippen LogP contribution is -2.31. The highest BCUT2D eigenvalue weighted by Gasteiger charge is 2.09. The molecule has 0 saturated heterocycles. The van der Waals surface area contributed by atoms with Gasteiger partial charge in [0.05, 0.1) is 6.54 Å². The Kier molecular flexibility index (Phi) is 43.1. The van der Waals surface area contributed by atoms with Crippen LogP contribution in [0.2, 0.25) is 0 Å². The molecule has 0 rings (SSSR count). The van der Waals surface area contributed by atoms with Gasteiger partial charge in [0.2, 0.25) is 0 Å². The fraction of sp³-hybridized carbons (Fsp3) is 0.978. The third-order valence-electron chi connectivity index (χ3n) is 11.0. The van der Waals surface area contributed by atoms with Gasteiger partial charge in [-0.3, -0.25) is 9.69 Å². The van der Waals surface area contributed by atoms with Crippen molar-refractivity contribution in [2.75, 3.05) is 19.6 Å². The number of aliphatic carboxylic acids is 1. The molecule has 1 N–H and O–H groups in total. The van der Waals surface area contributed by atoms with Crippen molar-refractivity contribution in [3.05, 3.63) is 0 Å². The molecule has 0 aromatic rings. The van der Waals surface area contributed by atoms with Crippen LogP contribution in [0.4, 0.5) is 0 Å². The van der Waals surface area contributed by atoms with E-state index in [0.29, 0.717) is 0 Å². The van der Waals surface area contributed by atoms with Gasteiger partial charge in [0.1, 0.15) is 0 Å². The van der Waals surface area contributed by atoms with Crippen molar-refractivity contribution in [1.29, 1.82) is 0 Å². The predicted octanol–water partition coefficient (Wildman–Crippen LogP) is 16.0. The molecule has 0 atom stereocenters. The average Bonchev–Trinajstić information content (AvgIpc) is 3.09. The van der Waals surface area contributed by atoms with Gasteiger partial charge in [-0.2, -0.15) is 0 Å². The molecule has 0 aliphatic carbocycles. The minimum Gasteiger partial charge on any atom is -0.480 e. The maximum Gasteiger partial charge on any atom is 0.317 e. The Morgan fingerprint density at radius 3 is 0.633 bits per heavy atom. The van der Waals surface area contributed by atoms with Gasteiger partial charge in [-0.05, 0) is 25.9 Å². The van der Waals surface area contributed by atoms with Crippen molar-refractivity contribution in [3.63, 3.8) is 0 Å². The second kappa shape index (κ2) is 43.6. The molecule has 0 saturated carbocycles. The summed E-state index contributed by atoms with van der Waals surface area (Å²) in [6, 6.07) is 0. The number of unbranched alkanes of at least 4 members (excludes halogenated alkanes) is 38. The van der Waals surface area contributed by atoms with Crippen LogP contribution in [0.1, 0.15) is 271 Å². The fourth-order valence-corrected chi connectivity index (χ4v) is 7.64. The molecule has 0 aliphatic heterocycles. The van der Waals surface area contributed by atoms with E-state index in [4.69, 9.17) is 0 Å². The Labute approximate surface area is 310 Å². The van der Waals surface area contributed by atoms with E-state index in [-0.39, 0.29) is 6.54 Å². The minimum atomic E-state index is -0.665. The average molecular weight is 692 g/mol. The van der Waals surface area contributed by atoms with Gasteiger partial charge in [-0.1, -0.05) is 258 Å². The van der Waals surface area contributed by atoms with Crippen LogP contribution in [-0.2, 0) is 4.79 Å². The highest BCUT2D eigenvalue weighted by molar-refractivity contribution is 5.69. The van der Waals surface area contributed by atoms with Crippen LogP contribution in [0.5, 0.6) is 0 Å². The zero-order chi connectivity index (χ0) is 35.6. The van der Waals surface area contributed by atoms with Crippen LogP contribution in [0.15, 0.2) is 0 Å². The smallest absolute Gasteiger partial charge is 0.317 e. The monoisotopic (exact) mass is 692 g/mol. The second-order valence-corrected chi connectivity index (χ2v) is 16.1. The standard InChI is InChI=1S/C46H93NO2/c1-3-5-7-9-11-13-15-17-19-21-23-25-27-29-31-33-35-37-39-41-43-47(45-46(48)49)44-42-40-38-36-34-32-30-28-26-24-22-20-18-16-14-12-10-8-6-4-2/h3-45H2,1-2H3,(H,48,49). The number of hydrogen-bond acceptors (Lipinski definition) is 2. The van der Waals surface area contributed by atoms with Gasteiger partial charge in [0, 0.05) is 0 Å². The summed E-state index contributed by atoms with van der Waals surface area (Å²) < 4.78 is 0. The highest BCUT2D eigenvalue weighted by atomic mass is 16.4. The molecule has 0 spiro atoms. The van der Waals surface area contributed by atoms with Crippen LogP contribution in [0.3, 0.4) is 0 Å². The first-order chi connectivity index (χ1) is 24.2. The van der Waals surface area contributed by atoms with E-state index in [1.807, 2.05) is 0 Å². The van der Waals surface area contributed by atoms with E-state index in [0.717, 1.165) is 25.9 Å². The molecular weight excluding hydrogens is 599 g/mol. The van der Waals surface area contributed by atoms with Gasteiger partial charge < -0.3 is 5.11 Å². The first-order valence-electron chi connectivity index (χ1n) is 23.1. The van der Waals surface area contributed by atoms with E-state index < -0.39 is 5.97 Å². The van der Waals surface area contributed by atoms with Gasteiger partial charge in [0.15, 0.2) is 0 Å². The zero-order valence-corrected chi connectivity index (χ0v) is 34.2. The van der Waals surface area contributed by atoms with Crippen molar-refractivity contribution >= 4 is 5.97 Å². The van der Waals surface area contributed by atoms with Crippen LogP contribution in [-0.4, -0.2) is 35.6 Å².